The van der Waals surface area contributed by atoms with Crippen molar-refractivity contribution >= 4 is 60.8 Å². The van der Waals surface area contributed by atoms with Crippen molar-refractivity contribution in [3.63, 3.8) is 0 Å². The highest BCUT2D eigenvalue weighted by atomic mass is 35.5. The Bertz CT molecular complexity index is 2790. The van der Waals surface area contributed by atoms with Crippen molar-refractivity contribution in [2.75, 3.05) is 29.0 Å². The topological polar surface area (TPSA) is 158 Å². The zero-order chi connectivity index (χ0) is 44.1. The van der Waals surface area contributed by atoms with Gasteiger partial charge in [0.25, 0.3) is 12.0 Å². The molecule has 3 atom stereocenters. The monoisotopic (exact) mass is 885 g/mol. The van der Waals surface area contributed by atoms with Crippen LogP contribution in [0.2, 0.25) is 5.02 Å². The summed E-state index contributed by atoms with van der Waals surface area (Å²) in [5.74, 6) is -2.93. The van der Waals surface area contributed by atoms with E-state index in [1.165, 1.54) is 16.8 Å². The Balaban J connectivity index is 1.49. The Labute approximate surface area is 353 Å². The van der Waals surface area contributed by atoms with E-state index in [0.717, 1.165) is 27.6 Å². The summed E-state index contributed by atoms with van der Waals surface area (Å²) in [6.45, 7) is 9.51. The number of rotatable bonds is 12. The average Bonchev–Trinajstić information content (AvgIpc) is 3.75. The second kappa shape index (κ2) is 16.7. The Morgan fingerprint density at radius 3 is 2.31 bits per heavy atom. The number of hydrogen-bond acceptors (Lipinski definition) is 9. The van der Waals surface area contributed by atoms with Crippen LogP contribution in [0.25, 0.3) is 27.5 Å². The zero-order valence-corrected chi connectivity index (χ0v) is 35.7. The fourth-order valence-electron chi connectivity index (χ4n) is 7.60. The van der Waals surface area contributed by atoms with Crippen LogP contribution in [-0.2, 0) is 44.5 Å². The van der Waals surface area contributed by atoms with Gasteiger partial charge in [0.05, 0.1) is 62.7 Å². The minimum atomic E-state index is -4.03. The molecule has 20 heteroatoms. The van der Waals surface area contributed by atoms with Gasteiger partial charge in [-0.15, -0.1) is 0 Å². The van der Waals surface area contributed by atoms with Crippen molar-refractivity contribution in [3.8, 4) is 5.69 Å². The SMILES string of the molecule is C[C@@H]1CN(c2ccc3c(=O)n(-c4ccc(Cl)c5c(NS(C)(=O)=O)nn(CC(F)F)c45)c([C@H](Cc4cc(F)cc(F)c4)NC(=O)Cn4ccc(C(C)(C)C)n4)nc3c2)C[C@H](C)O1. The molecule has 3 aromatic heterocycles. The molecule has 14 nitrogen and oxygen atoms in total. The molecule has 7 rings (SSSR count). The molecule has 3 aromatic carbocycles. The first-order valence-corrected chi connectivity index (χ1v) is 21.6. The lowest BCUT2D eigenvalue weighted by atomic mass is 9.93. The van der Waals surface area contributed by atoms with Gasteiger partial charge in [-0.05, 0) is 67.9 Å². The highest BCUT2D eigenvalue weighted by molar-refractivity contribution is 7.92. The number of morpholine rings is 1. The summed E-state index contributed by atoms with van der Waals surface area (Å²) in [6.07, 6.45) is -1.04. The predicted molar refractivity (Wildman–Crippen MR) is 224 cm³/mol. The molecule has 0 radical (unpaired) electrons. The highest BCUT2D eigenvalue weighted by Crippen LogP contribution is 2.37. The molecule has 1 fully saturated rings. The molecule has 1 amide bonds. The van der Waals surface area contributed by atoms with Crippen LogP contribution in [0.5, 0.6) is 0 Å². The lowest BCUT2D eigenvalue weighted by Gasteiger charge is -2.37. The summed E-state index contributed by atoms with van der Waals surface area (Å²) in [5, 5.41) is 11.5. The van der Waals surface area contributed by atoms with Gasteiger partial charge < -0.3 is 15.0 Å². The summed E-state index contributed by atoms with van der Waals surface area (Å²) in [6, 6.07) is 11.0. The van der Waals surface area contributed by atoms with Crippen molar-refractivity contribution < 1.29 is 35.5 Å². The van der Waals surface area contributed by atoms with Crippen LogP contribution in [0.15, 0.2) is 65.6 Å². The first kappa shape index (κ1) is 43.6. The molecular formula is C41H44ClF4N9O5S. The van der Waals surface area contributed by atoms with Gasteiger partial charge >= 0.3 is 0 Å². The summed E-state index contributed by atoms with van der Waals surface area (Å²) in [7, 11) is -4.03. The van der Waals surface area contributed by atoms with Crippen molar-refractivity contribution in [1.29, 1.82) is 0 Å². The molecule has 324 valence electrons. The molecule has 0 unspecified atom stereocenters. The summed E-state index contributed by atoms with van der Waals surface area (Å²) in [4.78, 5) is 36.2. The smallest absolute Gasteiger partial charge is 0.266 e. The number of alkyl halides is 2. The number of anilines is 2. The van der Waals surface area contributed by atoms with E-state index in [-0.39, 0.29) is 80.3 Å². The number of fused-ring (bicyclic) bond motifs is 2. The minimum Gasteiger partial charge on any atom is -0.372 e. The third-order valence-electron chi connectivity index (χ3n) is 10.0. The molecule has 61 heavy (non-hydrogen) atoms. The molecule has 4 heterocycles. The van der Waals surface area contributed by atoms with Gasteiger partial charge in [0.1, 0.15) is 30.5 Å². The predicted octanol–water partition coefficient (Wildman–Crippen LogP) is 6.51. The molecule has 6 aromatic rings. The number of ether oxygens (including phenoxy) is 1. The fourth-order valence-corrected chi connectivity index (χ4v) is 8.34. The van der Waals surface area contributed by atoms with Gasteiger partial charge in [-0.3, -0.25) is 28.2 Å². The van der Waals surface area contributed by atoms with E-state index in [2.05, 4.69) is 25.1 Å². The molecule has 0 spiro atoms. The summed E-state index contributed by atoms with van der Waals surface area (Å²) in [5.41, 5.74) is 0.405. The van der Waals surface area contributed by atoms with E-state index in [1.807, 2.05) is 34.6 Å². The minimum absolute atomic E-state index is 0.0821. The van der Waals surface area contributed by atoms with Crippen molar-refractivity contribution in [2.45, 2.75) is 84.2 Å². The standard InChI is InChI=1S/C41H44ClF4N9O5S/c1-22-18-52(19-23(2)60-22)27-7-8-28-30(17-27)48-39(31(15-24-13-25(43)16-26(44)14-24)47-35(56)21-53-12-11-33(49-53)41(3,4)5)55(40(28)57)32-10-9-29(42)36-37(32)54(20-34(45)46)50-38(36)51-61(6,58)59/h7-14,16-17,22-23,31,34H,15,18-21H2,1-6H3,(H,47,56)(H,50,51)/t22-,23+,31-/m0/s1. The lowest BCUT2D eigenvalue weighted by Crippen LogP contribution is -2.45. The number of nitrogens with zero attached hydrogens (tertiary/aromatic N) is 7. The van der Waals surface area contributed by atoms with Crippen LogP contribution < -0.4 is 20.5 Å². The number of hydrogen-bond donors (Lipinski definition) is 2. The van der Waals surface area contributed by atoms with Crippen molar-refractivity contribution in [1.82, 2.24) is 34.4 Å². The molecule has 2 N–H and O–H groups in total. The fraction of sp³-hybridized carbons (Fsp3) is 0.390. The molecular weight excluding hydrogens is 842 g/mol. The van der Waals surface area contributed by atoms with Crippen LogP contribution in [0.1, 0.15) is 57.7 Å². The van der Waals surface area contributed by atoms with E-state index in [4.69, 9.17) is 21.3 Å². The number of amides is 1. The number of benzene rings is 3. The first-order chi connectivity index (χ1) is 28.6. The van der Waals surface area contributed by atoms with Crippen LogP contribution in [0.4, 0.5) is 29.1 Å². The maximum atomic E-state index is 15.1. The number of sulfonamides is 1. The van der Waals surface area contributed by atoms with E-state index < -0.39 is 52.1 Å². The number of carbonyl (C=O) groups is 1. The number of carbonyl (C=O) groups excluding carboxylic acids is 1. The number of halogens is 5. The van der Waals surface area contributed by atoms with Gasteiger partial charge in [0.2, 0.25) is 15.9 Å². The third-order valence-corrected chi connectivity index (χ3v) is 10.9. The quantitative estimate of drug-likeness (QED) is 0.131. The van der Waals surface area contributed by atoms with Crippen LogP contribution >= 0.6 is 11.6 Å². The van der Waals surface area contributed by atoms with Gasteiger partial charge in [0, 0.05) is 42.9 Å². The molecule has 1 aliphatic heterocycles. The van der Waals surface area contributed by atoms with E-state index in [9.17, 15) is 30.8 Å². The molecule has 0 saturated carbocycles. The number of aromatic nitrogens is 6. The average molecular weight is 886 g/mol. The second-order valence-electron chi connectivity index (χ2n) is 16.3. The van der Waals surface area contributed by atoms with Crippen LogP contribution in [-0.4, -0.2) is 81.4 Å². The number of nitrogens with one attached hydrogen (secondary N) is 2. The summed E-state index contributed by atoms with van der Waals surface area (Å²) < 4.78 is 94.3. The van der Waals surface area contributed by atoms with E-state index in [1.54, 1.807) is 30.5 Å². The Kier molecular flexibility index (Phi) is 11.9. The van der Waals surface area contributed by atoms with Crippen molar-refractivity contribution in [3.05, 3.63) is 105 Å². The Morgan fingerprint density at radius 2 is 1.69 bits per heavy atom. The molecule has 0 bridgehead atoms. The van der Waals surface area contributed by atoms with Gasteiger partial charge in [0.15, 0.2) is 5.82 Å². The van der Waals surface area contributed by atoms with Gasteiger partial charge in [-0.25, -0.2) is 31.0 Å². The maximum Gasteiger partial charge on any atom is 0.266 e. The maximum absolute atomic E-state index is 15.1. The third kappa shape index (κ3) is 9.68. The van der Waals surface area contributed by atoms with Crippen LogP contribution in [0.3, 0.4) is 0 Å². The zero-order valence-electron chi connectivity index (χ0n) is 34.1. The second-order valence-corrected chi connectivity index (χ2v) is 18.5. The van der Waals surface area contributed by atoms with Crippen molar-refractivity contribution in [2.24, 2.45) is 0 Å². The molecule has 0 aliphatic carbocycles. The van der Waals surface area contributed by atoms with E-state index in [0.29, 0.717) is 30.5 Å². The highest BCUT2D eigenvalue weighted by Gasteiger charge is 2.30. The largest absolute Gasteiger partial charge is 0.372 e. The first-order valence-electron chi connectivity index (χ1n) is 19.3. The van der Waals surface area contributed by atoms with E-state index >= 15 is 4.79 Å². The van der Waals surface area contributed by atoms with Gasteiger partial charge in [-0.2, -0.15) is 10.2 Å². The normalized spacial score (nSPS) is 16.8. The molecule has 1 saturated heterocycles. The summed E-state index contributed by atoms with van der Waals surface area (Å²) >= 11 is 6.63. The Hall–Kier alpha value is -5.53. The molecule has 1 aliphatic rings. The van der Waals surface area contributed by atoms with Gasteiger partial charge in [-0.1, -0.05) is 32.4 Å². The lowest BCUT2D eigenvalue weighted by molar-refractivity contribution is -0.122. The Morgan fingerprint density at radius 1 is 1.00 bits per heavy atom. The van der Waals surface area contributed by atoms with Crippen LogP contribution in [0, 0.1) is 11.6 Å².